The average molecular weight is 359 g/mol. The number of aliphatic hydroxyl groups is 4. The van der Waals surface area contributed by atoms with Crippen molar-refractivity contribution in [2.24, 2.45) is 11.7 Å². The number of carbonyl (C=O) groups is 2. The molecular weight excluding hydrogens is 328 g/mol. The molecule has 0 spiro atoms. The van der Waals surface area contributed by atoms with Crippen LogP contribution in [0.25, 0.3) is 0 Å². The number of aliphatic hydroxyl groups excluding tert-OH is 4. The molecule has 145 valence electrons. The second kappa shape index (κ2) is 11.4. The number of nitrogens with one attached hydrogen (secondary N) is 1. The van der Waals surface area contributed by atoms with Gasteiger partial charge in [0.2, 0.25) is 11.8 Å². The smallest absolute Gasteiger partial charge is 0.224 e. The van der Waals surface area contributed by atoms with Crippen molar-refractivity contribution in [3.63, 3.8) is 0 Å². The van der Waals surface area contributed by atoms with Crippen molar-refractivity contribution in [1.29, 1.82) is 0 Å². The second-order valence-electron chi connectivity index (χ2n) is 6.74. The Morgan fingerprint density at radius 2 is 1.64 bits per heavy atom. The van der Waals surface area contributed by atoms with E-state index in [2.05, 4.69) is 5.32 Å². The molecule has 25 heavy (non-hydrogen) atoms. The number of nitrogens with two attached hydrogens (primary N) is 1. The zero-order valence-corrected chi connectivity index (χ0v) is 14.5. The summed E-state index contributed by atoms with van der Waals surface area (Å²) in [6.07, 6.45) is 3.36. The van der Waals surface area contributed by atoms with Crippen molar-refractivity contribution in [1.82, 2.24) is 5.32 Å². The summed E-state index contributed by atoms with van der Waals surface area (Å²) in [5, 5.41) is 41.3. The molecule has 8 nitrogen and oxygen atoms in total. The Labute approximate surface area is 148 Å². The fourth-order valence-electron chi connectivity index (χ4n) is 3.10. The van der Waals surface area contributed by atoms with E-state index < -0.39 is 30.3 Å². The third-order valence-electron chi connectivity index (χ3n) is 4.67. The standard InChI is InChI=1S/C17H31N2O6/c18-13(21)7-5-3-1-2-4-6-8-14(22)19-12-9-11(10-20)15(23)17(25)16(12)24/h8,11-12,15-17,20,23-25H,1-7,9-10H2,(H2,18,21)(H,19,22). The summed E-state index contributed by atoms with van der Waals surface area (Å²) in [7, 11) is 0. The lowest BCUT2D eigenvalue weighted by Crippen LogP contribution is -2.59. The lowest BCUT2D eigenvalue weighted by Gasteiger charge is -2.40. The Kier molecular flexibility index (Phi) is 9.96. The van der Waals surface area contributed by atoms with Gasteiger partial charge < -0.3 is 31.5 Å². The van der Waals surface area contributed by atoms with Gasteiger partial charge in [-0.1, -0.05) is 25.7 Å². The summed E-state index contributed by atoms with van der Waals surface area (Å²) in [5.41, 5.74) is 5.06. The maximum atomic E-state index is 11.9. The number of amides is 2. The van der Waals surface area contributed by atoms with Crippen LogP contribution in [0.4, 0.5) is 0 Å². The van der Waals surface area contributed by atoms with Gasteiger partial charge in [0.05, 0.1) is 12.1 Å². The molecule has 0 aromatic rings. The van der Waals surface area contributed by atoms with E-state index >= 15 is 0 Å². The second-order valence-corrected chi connectivity index (χ2v) is 6.74. The predicted octanol–water partition coefficient (Wildman–Crippen LogP) is -1.01. The van der Waals surface area contributed by atoms with E-state index in [-0.39, 0.29) is 24.8 Å². The minimum Gasteiger partial charge on any atom is -0.396 e. The molecule has 0 aliphatic heterocycles. The normalized spacial score (nSPS) is 29.4. The average Bonchev–Trinajstić information content (AvgIpc) is 2.57. The van der Waals surface area contributed by atoms with Crippen LogP contribution in [-0.2, 0) is 9.59 Å². The van der Waals surface area contributed by atoms with Crippen LogP contribution in [0.2, 0.25) is 0 Å². The molecule has 1 radical (unpaired) electrons. The molecular formula is C17H31N2O6. The molecule has 1 rings (SSSR count). The highest BCUT2D eigenvalue weighted by Gasteiger charge is 2.42. The van der Waals surface area contributed by atoms with E-state index in [0.717, 1.165) is 32.1 Å². The van der Waals surface area contributed by atoms with E-state index in [9.17, 15) is 30.0 Å². The molecule has 8 heteroatoms. The SMILES string of the molecule is NC(=O)CCCCCCC[CH]C(=O)NC1CC(CO)C(O)C(O)C1O. The van der Waals surface area contributed by atoms with Crippen molar-refractivity contribution in [2.75, 3.05) is 6.61 Å². The van der Waals surface area contributed by atoms with Crippen LogP contribution in [0.3, 0.4) is 0 Å². The molecule has 1 saturated carbocycles. The van der Waals surface area contributed by atoms with E-state index in [1.165, 1.54) is 6.42 Å². The van der Waals surface area contributed by atoms with E-state index in [4.69, 9.17) is 5.73 Å². The molecule has 5 atom stereocenters. The lowest BCUT2D eigenvalue weighted by molar-refractivity contribution is -0.138. The van der Waals surface area contributed by atoms with Gasteiger partial charge in [-0.15, -0.1) is 0 Å². The number of primary amides is 1. The summed E-state index contributed by atoms with van der Waals surface area (Å²) in [4.78, 5) is 22.5. The molecule has 0 saturated heterocycles. The first-order valence-corrected chi connectivity index (χ1v) is 8.93. The Balaban J connectivity index is 2.18. The number of rotatable bonds is 11. The summed E-state index contributed by atoms with van der Waals surface area (Å²) in [6, 6.07) is -0.701. The number of carbonyl (C=O) groups excluding carboxylic acids is 2. The first-order valence-electron chi connectivity index (χ1n) is 8.93. The van der Waals surface area contributed by atoms with E-state index in [1.807, 2.05) is 0 Å². The van der Waals surface area contributed by atoms with Gasteiger partial charge in [0, 0.05) is 25.4 Å². The fraction of sp³-hybridized carbons (Fsp3) is 0.824. The van der Waals surface area contributed by atoms with Crippen LogP contribution in [0.15, 0.2) is 0 Å². The third kappa shape index (κ3) is 7.68. The summed E-state index contributed by atoms with van der Waals surface area (Å²) >= 11 is 0. The maximum Gasteiger partial charge on any atom is 0.224 e. The van der Waals surface area contributed by atoms with E-state index in [0.29, 0.717) is 12.8 Å². The molecule has 0 heterocycles. The van der Waals surface area contributed by atoms with Crippen molar-refractivity contribution in [2.45, 2.75) is 75.7 Å². The Morgan fingerprint density at radius 3 is 2.28 bits per heavy atom. The number of unbranched alkanes of at least 4 members (excludes halogenated alkanes) is 5. The third-order valence-corrected chi connectivity index (χ3v) is 4.67. The zero-order chi connectivity index (χ0) is 18.8. The van der Waals surface area contributed by atoms with Gasteiger partial charge in [-0.05, 0) is 19.3 Å². The number of hydrogen-bond donors (Lipinski definition) is 6. The molecule has 0 aromatic heterocycles. The Bertz CT molecular complexity index is 418. The summed E-state index contributed by atoms with van der Waals surface area (Å²) in [6.45, 7) is -0.323. The quantitative estimate of drug-likeness (QED) is 0.260. The van der Waals surface area contributed by atoms with Gasteiger partial charge in [0.25, 0.3) is 0 Å². The first kappa shape index (κ1) is 21.8. The molecule has 7 N–H and O–H groups in total. The highest BCUT2D eigenvalue weighted by Crippen LogP contribution is 2.25. The van der Waals surface area contributed by atoms with Gasteiger partial charge in [0.1, 0.15) is 12.2 Å². The minimum absolute atomic E-state index is 0.204. The minimum atomic E-state index is -1.39. The van der Waals surface area contributed by atoms with Crippen LogP contribution >= 0.6 is 0 Å². The Morgan fingerprint density at radius 1 is 1.00 bits per heavy atom. The van der Waals surface area contributed by atoms with Crippen LogP contribution in [0.5, 0.6) is 0 Å². The molecule has 2 amide bonds. The molecule has 1 aliphatic carbocycles. The van der Waals surface area contributed by atoms with Gasteiger partial charge in [0.15, 0.2) is 0 Å². The van der Waals surface area contributed by atoms with Crippen LogP contribution in [0, 0.1) is 12.3 Å². The molecule has 0 aromatic carbocycles. The van der Waals surface area contributed by atoms with E-state index in [1.54, 1.807) is 0 Å². The topological polar surface area (TPSA) is 153 Å². The maximum absolute atomic E-state index is 11.9. The lowest BCUT2D eigenvalue weighted by atomic mass is 9.80. The van der Waals surface area contributed by atoms with Gasteiger partial charge in [-0.2, -0.15) is 0 Å². The predicted molar refractivity (Wildman–Crippen MR) is 91.0 cm³/mol. The van der Waals surface area contributed by atoms with Crippen molar-refractivity contribution in [3.8, 4) is 0 Å². The number of hydrogen-bond acceptors (Lipinski definition) is 6. The van der Waals surface area contributed by atoms with Crippen molar-refractivity contribution >= 4 is 11.8 Å². The molecule has 1 fully saturated rings. The van der Waals surface area contributed by atoms with Crippen molar-refractivity contribution in [3.05, 3.63) is 6.42 Å². The van der Waals surface area contributed by atoms with Gasteiger partial charge >= 0.3 is 0 Å². The highest BCUT2D eigenvalue weighted by atomic mass is 16.4. The molecule has 1 aliphatic rings. The van der Waals surface area contributed by atoms with Gasteiger partial charge in [-0.25, -0.2) is 0 Å². The van der Waals surface area contributed by atoms with Crippen LogP contribution in [0.1, 0.15) is 51.4 Å². The summed E-state index contributed by atoms with van der Waals surface area (Å²) in [5.74, 6) is -1.20. The molecule has 5 unspecified atom stereocenters. The summed E-state index contributed by atoms with van der Waals surface area (Å²) < 4.78 is 0. The molecule has 0 bridgehead atoms. The van der Waals surface area contributed by atoms with Crippen molar-refractivity contribution < 1.29 is 30.0 Å². The highest BCUT2D eigenvalue weighted by molar-refractivity contribution is 5.84. The monoisotopic (exact) mass is 359 g/mol. The zero-order valence-electron chi connectivity index (χ0n) is 14.5. The van der Waals surface area contributed by atoms with Gasteiger partial charge in [-0.3, -0.25) is 9.59 Å². The largest absolute Gasteiger partial charge is 0.396 e. The van der Waals surface area contributed by atoms with Crippen LogP contribution in [-0.4, -0.2) is 63.2 Å². The van der Waals surface area contributed by atoms with Crippen LogP contribution < -0.4 is 11.1 Å². The first-order chi connectivity index (χ1) is 11.9. The fourth-order valence-corrected chi connectivity index (χ4v) is 3.10. The Hall–Kier alpha value is -1.22.